The highest BCUT2D eigenvalue weighted by atomic mass is 79.9. The van der Waals surface area contributed by atoms with Crippen molar-refractivity contribution in [1.29, 1.82) is 0 Å². The maximum atomic E-state index is 14.6. The van der Waals surface area contributed by atoms with Crippen LogP contribution in [0.2, 0.25) is 0 Å². The van der Waals surface area contributed by atoms with Crippen LogP contribution in [0.4, 0.5) is 42.6 Å². The second-order valence-corrected chi connectivity index (χ2v) is 12.3. The lowest BCUT2D eigenvalue weighted by Crippen LogP contribution is -2.44. The molecule has 3 heterocycles. The maximum Gasteiger partial charge on any atom is 0.430 e. The number of hydrogen-bond donors (Lipinski definition) is 2. The van der Waals surface area contributed by atoms with E-state index in [0.717, 1.165) is 19.2 Å². The van der Waals surface area contributed by atoms with Crippen molar-refractivity contribution in [2.24, 2.45) is 0 Å². The van der Waals surface area contributed by atoms with Gasteiger partial charge < -0.3 is 23.9 Å². The molecule has 0 aliphatic carbocycles. The van der Waals surface area contributed by atoms with Crippen LogP contribution in [0.25, 0.3) is 11.6 Å². The highest BCUT2D eigenvalue weighted by Gasteiger charge is 2.62. The van der Waals surface area contributed by atoms with Crippen molar-refractivity contribution in [3.8, 4) is 17.3 Å². The molecule has 1 fully saturated rings. The topological polar surface area (TPSA) is 123 Å². The van der Waals surface area contributed by atoms with Gasteiger partial charge in [-0.15, -0.1) is 16.8 Å². The molecule has 1 amide bonds. The molecular weight excluding hydrogens is 692 g/mol. The van der Waals surface area contributed by atoms with E-state index in [1.807, 2.05) is 0 Å². The van der Waals surface area contributed by atoms with Crippen molar-refractivity contribution < 1.29 is 50.1 Å². The highest BCUT2D eigenvalue weighted by Crippen LogP contribution is 2.49. The normalized spacial score (nSPS) is 17.0. The standard InChI is InChI=1S/C29H30BrF6N5O5/c1-6-8-16-9-7-12-41(16)22-18(28(31,32)33)14-19(37-25(42)46-26(2,3)4)21(38-22)23-39-40-24(45-23)27(43,29(34,35)36)17-13-15(30)10-11-20(17)44-5/h6,10-11,13-14,16,43H,1,7-9,12H2,2-5H3,(H,37,42)/t16-,27?/m1/s1. The van der Waals surface area contributed by atoms with Crippen molar-refractivity contribution in [3.63, 3.8) is 0 Å². The molecule has 46 heavy (non-hydrogen) atoms. The van der Waals surface area contributed by atoms with Gasteiger partial charge in [-0.05, 0) is 64.3 Å². The van der Waals surface area contributed by atoms with Crippen molar-refractivity contribution in [1.82, 2.24) is 15.2 Å². The maximum absolute atomic E-state index is 14.6. The first-order valence-electron chi connectivity index (χ1n) is 13.8. The molecule has 1 unspecified atom stereocenters. The number of aromatic nitrogens is 3. The number of carbonyl (C=O) groups excluding carboxylic acids is 1. The number of carbonyl (C=O) groups is 1. The molecule has 0 bridgehead atoms. The Balaban J connectivity index is 1.97. The van der Waals surface area contributed by atoms with E-state index in [2.05, 4.69) is 43.0 Å². The number of ether oxygens (including phenoxy) is 2. The van der Waals surface area contributed by atoms with E-state index in [1.165, 1.54) is 31.7 Å². The second-order valence-electron chi connectivity index (χ2n) is 11.4. The summed E-state index contributed by atoms with van der Waals surface area (Å²) >= 11 is 3.07. The first-order chi connectivity index (χ1) is 21.3. The lowest BCUT2D eigenvalue weighted by molar-refractivity contribution is -0.256. The van der Waals surface area contributed by atoms with Crippen LogP contribution in [-0.2, 0) is 16.5 Å². The van der Waals surface area contributed by atoms with Gasteiger partial charge >= 0.3 is 18.4 Å². The van der Waals surface area contributed by atoms with Gasteiger partial charge in [0.1, 0.15) is 22.7 Å². The van der Waals surface area contributed by atoms with Crippen LogP contribution in [0.1, 0.15) is 57.1 Å². The molecule has 2 aromatic heterocycles. The van der Waals surface area contributed by atoms with Crippen LogP contribution in [0, 0.1) is 0 Å². The Morgan fingerprint density at radius 3 is 2.46 bits per heavy atom. The minimum Gasteiger partial charge on any atom is -0.496 e. The van der Waals surface area contributed by atoms with Crippen molar-refractivity contribution in [2.45, 2.75) is 69.6 Å². The SMILES string of the molecule is C=CC[C@@H]1CCCN1c1nc(-c2nnc(C(O)(c3cc(Br)ccc3OC)C(F)(F)F)o2)c(NC(=O)OC(C)(C)C)cc1C(F)(F)F. The average molecular weight is 722 g/mol. The number of anilines is 2. The molecule has 1 saturated heterocycles. The number of amides is 1. The number of pyridine rings is 1. The Hall–Kier alpha value is -3.86. The number of methoxy groups -OCH3 is 1. The fourth-order valence-electron chi connectivity index (χ4n) is 4.97. The van der Waals surface area contributed by atoms with Gasteiger partial charge in [-0.1, -0.05) is 22.0 Å². The van der Waals surface area contributed by atoms with Gasteiger partial charge in [0.2, 0.25) is 0 Å². The van der Waals surface area contributed by atoms with Gasteiger partial charge in [-0.3, -0.25) is 5.32 Å². The Bertz CT molecular complexity index is 1610. The molecular formula is C29H30BrF6N5O5. The van der Waals surface area contributed by atoms with E-state index in [-0.39, 0.29) is 16.8 Å². The molecule has 1 aromatic carbocycles. The summed E-state index contributed by atoms with van der Waals surface area (Å²) in [7, 11) is 1.09. The highest BCUT2D eigenvalue weighted by molar-refractivity contribution is 9.10. The smallest absolute Gasteiger partial charge is 0.430 e. The van der Waals surface area contributed by atoms with E-state index in [0.29, 0.717) is 25.3 Å². The summed E-state index contributed by atoms with van der Waals surface area (Å²) in [5.41, 5.74) is -8.29. The van der Waals surface area contributed by atoms with Crippen molar-refractivity contribution in [2.75, 3.05) is 23.9 Å². The van der Waals surface area contributed by atoms with Gasteiger partial charge in [0.05, 0.1) is 12.8 Å². The first-order valence-corrected chi connectivity index (χ1v) is 14.6. The van der Waals surface area contributed by atoms with Crippen molar-refractivity contribution in [3.05, 3.63) is 58.4 Å². The molecule has 17 heteroatoms. The molecule has 0 saturated carbocycles. The zero-order valence-corrected chi connectivity index (χ0v) is 26.6. The molecule has 4 rings (SSSR count). The molecule has 1 aliphatic rings. The predicted molar refractivity (Wildman–Crippen MR) is 157 cm³/mol. The van der Waals surface area contributed by atoms with Crippen LogP contribution in [-0.4, -0.2) is 57.9 Å². The zero-order chi connectivity index (χ0) is 34.2. The van der Waals surface area contributed by atoms with Gasteiger partial charge in [-0.2, -0.15) is 26.3 Å². The number of hydrogen-bond acceptors (Lipinski definition) is 9. The Kier molecular flexibility index (Phi) is 9.69. The fourth-order valence-corrected chi connectivity index (χ4v) is 5.33. The number of alkyl halides is 6. The molecule has 0 spiro atoms. The third-order valence-electron chi connectivity index (χ3n) is 6.93. The van der Waals surface area contributed by atoms with E-state index in [9.17, 15) is 36.2 Å². The van der Waals surface area contributed by atoms with Crippen LogP contribution < -0.4 is 15.0 Å². The van der Waals surface area contributed by atoms with Gasteiger partial charge in [0.25, 0.3) is 17.4 Å². The summed E-state index contributed by atoms with van der Waals surface area (Å²) in [4.78, 5) is 18.3. The monoisotopic (exact) mass is 721 g/mol. The number of aliphatic hydroxyl groups is 1. The van der Waals surface area contributed by atoms with Gasteiger partial charge in [0, 0.05) is 22.6 Å². The van der Waals surface area contributed by atoms with E-state index < -0.39 is 75.8 Å². The third kappa shape index (κ3) is 7.09. The summed E-state index contributed by atoms with van der Waals surface area (Å²) in [5, 5.41) is 20.4. The van der Waals surface area contributed by atoms with Gasteiger partial charge in [-0.25, -0.2) is 9.78 Å². The van der Waals surface area contributed by atoms with Crippen LogP contribution in [0.15, 0.2) is 45.8 Å². The summed E-state index contributed by atoms with van der Waals surface area (Å²) in [5.74, 6) is -3.16. The van der Waals surface area contributed by atoms with Crippen LogP contribution >= 0.6 is 15.9 Å². The fraction of sp³-hybridized carbons (Fsp3) is 0.448. The van der Waals surface area contributed by atoms with E-state index in [1.54, 1.807) is 6.08 Å². The third-order valence-corrected chi connectivity index (χ3v) is 7.42. The average Bonchev–Trinajstić information content (AvgIpc) is 3.61. The minimum atomic E-state index is -5.46. The summed E-state index contributed by atoms with van der Waals surface area (Å²) in [6, 6.07) is 3.63. The summed E-state index contributed by atoms with van der Waals surface area (Å²) in [6.45, 7) is 8.39. The largest absolute Gasteiger partial charge is 0.496 e. The number of benzene rings is 1. The Morgan fingerprint density at radius 2 is 1.87 bits per heavy atom. The molecule has 2 N–H and O–H groups in total. The molecule has 1 aliphatic heterocycles. The molecule has 2 atom stereocenters. The molecule has 250 valence electrons. The number of halogens is 7. The summed E-state index contributed by atoms with van der Waals surface area (Å²) in [6.07, 6.45) is -8.70. The Morgan fingerprint density at radius 1 is 1.17 bits per heavy atom. The number of rotatable bonds is 8. The van der Waals surface area contributed by atoms with Crippen molar-refractivity contribution >= 4 is 33.5 Å². The lowest BCUT2D eigenvalue weighted by atomic mass is 9.92. The minimum absolute atomic E-state index is 0.142. The van der Waals surface area contributed by atoms with Gasteiger partial charge in [0.15, 0.2) is 5.69 Å². The zero-order valence-electron chi connectivity index (χ0n) is 25.0. The second kappa shape index (κ2) is 12.7. The number of nitrogens with one attached hydrogen (secondary N) is 1. The summed E-state index contributed by atoms with van der Waals surface area (Å²) < 4.78 is 103. The first kappa shape index (κ1) is 35.0. The Labute approximate surface area is 267 Å². The number of nitrogens with zero attached hydrogens (tertiary/aromatic N) is 4. The van der Waals surface area contributed by atoms with Crippen LogP contribution in [0.3, 0.4) is 0 Å². The lowest BCUT2D eigenvalue weighted by Gasteiger charge is -2.29. The quantitative estimate of drug-likeness (QED) is 0.179. The molecule has 10 nitrogen and oxygen atoms in total. The predicted octanol–water partition coefficient (Wildman–Crippen LogP) is 7.61. The molecule has 0 radical (unpaired) electrons. The van der Waals surface area contributed by atoms with E-state index >= 15 is 0 Å². The van der Waals surface area contributed by atoms with Crippen LogP contribution in [0.5, 0.6) is 5.75 Å². The van der Waals surface area contributed by atoms with E-state index in [4.69, 9.17) is 13.9 Å². The molecule has 3 aromatic rings.